The summed E-state index contributed by atoms with van der Waals surface area (Å²) in [5.41, 5.74) is 0. The molecule has 8 heavy (non-hydrogen) atoms. The van der Waals surface area contributed by atoms with Crippen LogP contribution in [-0.2, 0) is 0 Å². The van der Waals surface area contributed by atoms with E-state index >= 15 is 0 Å². The van der Waals surface area contributed by atoms with Gasteiger partial charge in [-0.2, -0.15) is 0 Å². The normalized spacial score (nSPS) is 13.8. The first kappa shape index (κ1) is 6.80. The topological polar surface area (TPSA) is 0 Å². The van der Waals surface area contributed by atoms with E-state index in [9.17, 15) is 0 Å². The van der Waals surface area contributed by atoms with E-state index in [-0.39, 0.29) is 7.21 Å². The van der Waals surface area contributed by atoms with Gasteiger partial charge in [0.05, 0.1) is 20.9 Å². The summed E-state index contributed by atoms with van der Waals surface area (Å²) < 4.78 is 0. The zero-order valence-corrected chi connectivity index (χ0v) is 7.81. The first-order chi connectivity index (χ1) is 3.93. The fourth-order valence-corrected chi connectivity index (χ4v) is 10.3. The molecule has 0 saturated heterocycles. The van der Waals surface area contributed by atoms with Crippen molar-refractivity contribution in [2.24, 2.45) is 0 Å². The predicted molar refractivity (Wildman–Crippen MR) is 47.5 cm³/mol. The second kappa shape index (κ2) is 3.66. The zero-order chi connectivity index (χ0) is 5.82. The van der Waals surface area contributed by atoms with Crippen LogP contribution in [0.3, 0.4) is 0 Å². The molecule has 1 atom stereocenters. The summed E-state index contributed by atoms with van der Waals surface area (Å²) in [5.74, 6) is 6.57. The van der Waals surface area contributed by atoms with Crippen molar-refractivity contribution in [1.82, 2.24) is 0 Å². The monoisotopic (exact) mass is 177 g/mol. The Morgan fingerprint density at radius 2 is 2.50 bits per heavy atom. The van der Waals surface area contributed by atoms with E-state index in [1.165, 1.54) is 15.4 Å². The summed E-state index contributed by atoms with van der Waals surface area (Å²) in [7, 11) is 4.59. The molecule has 0 aliphatic heterocycles. The smallest absolute Gasteiger partial charge is 0.0758 e. The first-order valence-electron chi connectivity index (χ1n) is 2.12. The minimum atomic E-state index is 0.0667. The van der Waals surface area contributed by atoms with Crippen molar-refractivity contribution >= 4 is 36.0 Å². The Labute approximate surface area is 54.7 Å². The van der Waals surface area contributed by atoms with Gasteiger partial charge in [-0.15, -0.1) is 0 Å². The highest BCUT2D eigenvalue weighted by atomic mass is 32.3. The van der Waals surface area contributed by atoms with Gasteiger partial charge in [0.25, 0.3) is 0 Å². The van der Waals surface area contributed by atoms with E-state index in [1.807, 2.05) is 0 Å². The van der Waals surface area contributed by atoms with Crippen LogP contribution in [0.2, 0.25) is 0 Å². The van der Waals surface area contributed by atoms with Crippen molar-refractivity contribution in [2.45, 2.75) is 0 Å². The molecule has 0 bridgehead atoms. The van der Waals surface area contributed by atoms with Crippen LogP contribution in [0, 0.1) is 0 Å². The Hall–Kier alpha value is 0.680. The summed E-state index contributed by atoms with van der Waals surface area (Å²) in [4.78, 5) is 0. The summed E-state index contributed by atoms with van der Waals surface area (Å²) in [6.07, 6.45) is 0. The van der Waals surface area contributed by atoms with Gasteiger partial charge in [0.1, 0.15) is 0 Å². The van der Waals surface area contributed by atoms with Gasteiger partial charge >= 0.3 is 0 Å². The molecule has 0 N–H and O–H groups in total. The molecule has 0 saturated carbocycles. The van der Waals surface area contributed by atoms with Crippen LogP contribution in [0.25, 0.3) is 5.82 Å². The molecule has 0 fully saturated rings. The van der Waals surface area contributed by atoms with Crippen molar-refractivity contribution in [3.63, 3.8) is 0 Å². The van der Waals surface area contributed by atoms with E-state index in [1.54, 1.807) is 7.55 Å². The Balaban J connectivity index is 2.99. The van der Waals surface area contributed by atoms with Gasteiger partial charge in [0, 0.05) is 11.6 Å². The summed E-state index contributed by atoms with van der Waals surface area (Å²) in [6.45, 7) is 3.75. The maximum absolute atomic E-state index is 3.75. The van der Waals surface area contributed by atoms with Gasteiger partial charge < -0.3 is 0 Å². The molecular formula is C4H5P4+. The lowest BCUT2D eigenvalue weighted by molar-refractivity contribution is 2.37. The van der Waals surface area contributed by atoms with Crippen molar-refractivity contribution in [1.29, 1.82) is 0 Å². The lowest BCUT2D eigenvalue weighted by atomic mass is 11.2. The van der Waals surface area contributed by atoms with Gasteiger partial charge in [-0.05, 0) is 0 Å². The molecule has 40 valence electrons. The second-order valence-electron chi connectivity index (χ2n) is 1.16. The molecule has 1 unspecified atom stereocenters. The molecule has 0 radical (unpaired) electrons. The molecular weight excluding hydrogens is 172 g/mol. The van der Waals surface area contributed by atoms with Crippen LogP contribution >= 0.6 is 30.2 Å². The van der Waals surface area contributed by atoms with Crippen molar-refractivity contribution in [3.8, 4) is 0 Å². The van der Waals surface area contributed by atoms with E-state index in [4.69, 9.17) is 0 Å². The zero-order valence-electron chi connectivity index (χ0n) is 4.23. The fourth-order valence-electron chi connectivity index (χ4n) is 0.324. The fraction of sp³-hybridized carbons (Fsp3) is 0. The highest BCUT2D eigenvalue weighted by Gasteiger charge is 1.90. The van der Waals surface area contributed by atoms with Gasteiger partial charge in [-0.1, -0.05) is 6.58 Å². The predicted octanol–water partition coefficient (Wildman–Crippen LogP) is 4.80. The maximum Gasteiger partial charge on any atom is 0.223 e. The quantitative estimate of drug-likeness (QED) is 0.577. The van der Waals surface area contributed by atoms with Crippen LogP contribution in [0.4, 0.5) is 0 Å². The molecule has 0 aromatic carbocycles. The van der Waals surface area contributed by atoms with Crippen LogP contribution in [0.1, 0.15) is 0 Å². The Morgan fingerprint density at radius 3 is 2.88 bits per heavy atom. The number of rotatable bonds is 1. The summed E-state index contributed by atoms with van der Waals surface area (Å²) >= 11 is 0. The van der Waals surface area contributed by atoms with E-state index in [2.05, 4.69) is 24.0 Å². The van der Waals surface area contributed by atoms with Crippen molar-refractivity contribution in [2.75, 3.05) is 0 Å². The van der Waals surface area contributed by atoms with Crippen molar-refractivity contribution in [3.05, 3.63) is 18.2 Å². The van der Waals surface area contributed by atoms with Crippen LogP contribution in [0.15, 0.2) is 18.2 Å². The molecule has 0 spiro atoms. The molecule has 0 aliphatic rings. The molecule has 4 heteroatoms. The average molecular weight is 177 g/mol. The third kappa shape index (κ3) is 1.89. The minimum absolute atomic E-state index is 0.0667. The van der Waals surface area contributed by atoms with Gasteiger partial charge in [0.2, 0.25) is 15.1 Å². The van der Waals surface area contributed by atoms with Crippen LogP contribution < -0.4 is 0 Å². The number of hydrogen-bond acceptors (Lipinski definition) is 0. The van der Waals surface area contributed by atoms with Crippen molar-refractivity contribution < 1.29 is 0 Å². The first-order valence-corrected chi connectivity index (χ1v) is 8.47. The molecule has 1 rings (SSSR count). The molecule has 0 amide bonds. The van der Waals surface area contributed by atoms with Gasteiger partial charge in [-0.25, -0.2) is 0 Å². The SMILES string of the molecule is C=C[p+]1ccppp1. The highest BCUT2D eigenvalue weighted by Crippen LogP contribution is 2.47. The minimum Gasteiger partial charge on any atom is -0.0758 e. The van der Waals surface area contributed by atoms with Gasteiger partial charge in [0.15, 0.2) is 0 Å². The number of hydrogen-bond donors (Lipinski definition) is 0. The average Bonchev–Trinajstić information content (AvgIpc) is 1.90. The summed E-state index contributed by atoms with van der Waals surface area (Å²) in [6, 6.07) is 0. The van der Waals surface area contributed by atoms with Crippen LogP contribution in [-0.4, -0.2) is 0 Å². The summed E-state index contributed by atoms with van der Waals surface area (Å²) in [5, 5.41) is 0. The second-order valence-corrected chi connectivity index (χ2v) is 9.84. The third-order valence-electron chi connectivity index (χ3n) is 0.668. The standard InChI is InChI=1S/C4H5P4/c1-2-8-4-3-5-6-7-8/h2-4H,1H2/q+1. The highest BCUT2D eigenvalue weighted by molar-refractivity contribution is 8.34. The molecule has 1 heterocycles. The Kier molecular flexibility index (Phi) is 3.11. The van der Waals surface area contributed by atoms with E-state index in [0.29, 0.717) is 0 Å². The Bertz CT molecular complexity index is 171. The van der Waals surface area contributed by atoms with E-state index < -0.39 is 0 Å². The lowest BCUT2D eigenvalue weighted by Gasteiger charge is -1.71. The maximum atomic E-state index is 3.75. The molecule has 0 nitrogen and oxygen atoms in total. The largest absolute Gasteiger partial charge is 0.223 e. The Morgan fingerprint density at radius 1 is 1.62 bits per heavy atom. The molecule has 1 aromatic heterocycles. The molecule has 0 aliphatic carbocycles. The van der Waals surface area contributed by atoms with Crippen LogP contribution in [0.5, 0.6) is 0 Å². The van der Waals surface area contributed by atoms with E-state index in [0.717, 1.165) is 0 Å². The third-order valence-corrected chi connectivity index (χ3v) is 10.5. The lowest BCUT2D eigenvalue weighted by Crippen LogP contribution is -1.28. The molecule has 1 aromatic rings. The van der Waals surface area contributed by atoms with Gasteiger partial charge in [-0.3, -0.25) is 0 Å².